The molecule has 0 aromatic heterocycles. The third-order valence-electron chi connectivity index (χ3n) is 2.51. The summed E-state index contributed by atoms with van der Waals surface area (Å²) in [6.45, 7) is 7.88. The van der Waals surface area contributed by atoms with Crippen LogP contribution in [0.3, 0.4) is 0 Å². The molecular weight excluding hydrogens is 200 g/mol. The van der Waals surface area contributed by atoms with Gasteiger partial charge in [-0.3, -0.25) is 4.79 Å². The van der Waals surface area contributed by atoms with E-state index in [4.69, 9.17) is 16.3 Å². The minimum Gasteiger partial charge on any atom is -0.465 e. The lowest BCUT2D eigenvalue weighted by molar-refractivity contribution is -0.149. The number of alkyl halides is 1. The zero-order chi connectivity index (χ0) is 10.8. The Morgan fingerprint density at radius 3 is 3.00 bits per heavy atom. The zero-order valence-electron chi connectivity index (χ0n) is 8.55. The summed E-state index contributed by atoms with van der Waals surface area (Å²) in [5, 5.41) is -0.0509. The predicted octanol–water partition coefficient (Wildman–Crippen LogP) is 2.68. The van der Waals surface area contributed by atoms with Gasteiger partial charge in [0.05, 0.1) is 12.0 Å². The zero-order valence-corrected chi connectivity index (χ0v) is 9.30. The highest BCUT2D eigenvalue weighted by Gasteiger charge is 2.37. The van der Waals surface area contributed by atoms with Crippen molar-refractivity contribution in [3.63, 3.8) is 0 Å². The van der Waals surface area contributed by atoms with Crippen LogP contribution >= 0.6 is 11.6 Å². The van der Waals surface area contributed by atoms with Crippen LogP contribution in [0.15, 0.2) is 24.3 Å². The van der Waals surface area contributed by atoms with Gasteiger partial charge in [0, 0.05) is 0 Å². The molecule has 2 unspecified atom stereocenters. The van der Waals surface area contributed by atoms with Crippen LogP contribution in [0, 0.1) is 5.41 Å². The number of carbonyl (C=O) groups excluding carboxylic acids is 1. The summed E-state index contributed by atoms with van der Waals surface area (Å²) in [7, 11) is 0. The fraction of sp³-hybridized carbons (Fsp3) is 0.545. The second-order valence-corrected chi connectivity index (χ2v) is 4.17. The van der Waals surface area contributed by atoms with Crippen LogP contribution in [0.2, 0.25) is 0 Å². The number of hydrogen-bond acceptors (Lipinski definition) is 2. The lowest BCUT2D eigenvalue weighted by Crippen LogP contribution is -2.33. The second kappa shape index (κ2) is 4.18. The summed E-state index contributed by atoms with van der Waals surface area (Å²) in [6.07, 6.45) is 4.25. The van der Waals surface area contributed by atoms with E-state index >= 15 is 0 Å². The van der Waals surface area contributed by atoms with Crippen LogP contribution in [0.1, 0.15) is 20.3 Å². The second-order valence-electron chi connectivity index (χ2n) is 3.61. The molecule has 0 amide bonds. The highest BCUT2D eigenvalue weighted by molar-refractivity contribution is 6.22. The Morgan fingerprint density at radius 1 is 1.86 bits per heavy atom. The first-order valence-corrected chi connectivity index (χ1v) is 5.13. The molecule has 0 aromatic rings. The van der Waals surface area contributed by atoms with Crippen molar-refractivity contribution in [2.24, 2.45) is 5.41 Å². The molecule has 78 valence electrons. The number of allylic oxidation sites excluding steroid dienone is 1. The quantitative estimate of drug-likeness (QED) is 0.401. The van der Waals surface area contributed by atoms with E-state index in [-0.39, 0.29) is 11.3 Å². The van der Waals surface area contributed by atoms with Crippen molar-refractivity contribution in [1.82, 2.24) is 0 Å². The molecule has 0 N–H and O–H groups in total. The highest BCUT2D eigenvalue weighted by Crippen LogP contribution is 2.37. The molecule has 0 saturated heterocycles. The molecule has 0 radical (unpaired) electrons. The van der Waals surface area contributed by atoms with Crippen molar-refractivity contribution < 1.29 is 9.53 Å². The number of carbonyl (C=O) groups is 1. The van der Waals surface area contributed by atoms with Gasteiger partial charge in [-0.25, -0.2) is 0 Å². The van der Waals surface area contributed by atoms with Gasteiger partial charge < -0.3 is 4.74 Å². The van der Waals surface area contributed by atoms with Gasteiger partial charge in [0.25, 0.3) is 0 Å². The summed E-state index contributed by atoms with van der Waals surface area (Å²) in [5.74, 6) is -0.246. The number of halogens is 1. The Bertz CT molecular complexity index is 283. The van der Waals surface area contributed by atoms with E-state index in [1.54, 1.807) is 13.0 Å². The lowest BCUT2D eigenvalue weighted by Gasteiger charge is -2.30. The van der Waals surface area contributed by atoms with Crippen LogP contribution in [0.4, 0.5) is 0 Å². The largest absolute Gasteiger partial charge is 0.465 e. The Hall–Kier alpha value is -0.760. The summed E-state index contributed by atoms with van der Waals surface area (Å²) in [6, 6.07) is 0. The van der Waals surface area contributed by atoms with Crippen molar-refractivity contribution >= 4 is 17.6 Å². The molecule has 0 saturated carbocycles. The van der Waals surface area contributed by atoms with Gasteiger partial charge in [-0.05, 0) is 20.3 Å². The van der Waals surface area contributed by atoms with Crippen molar-refractivity contribution in [2.45, 2.75) is 25.6 Å². The molecule has 2 nitrogen and oxygen atoms in total. The van der Waals surface area contributed by atoms with Gasteiger partial charge >= 0.3 is 5.97 Å². The molecule has 2 atom stereocenters. The van der Waals surface area contributed by atoms with E-state index in [0.717, 1.165) is 5.57 Å². The van der Waals surface area contributed by atoms with Gasteiger partial charge in [0.2, 0.25) is 0 Å². The molecule has 0 bridgehead atoms. The maximum Gasteiger partial charge on any atom is 0.319 e. The van der Waals surface area contributed by atoms with Crippen molar-refractivity contribution in [3.8, 4) is 0 Å². The van der Waals surface area contributed by atoms with E-state index in [1.165, 1.54) is 0 Å². The molecule has 0 fully saturated rings. The maximum atomic E-state index is 11.7. The van der Waals surface area contributed by atoms with Crippen LogP contribution in [0.5, 0.6) is 0 Å². The number of esters is 1. The smallest absolute Gasteiger partial charge is 0.319 e. The number of hydrogen-bond donors (Lipinski definition) is 0. The van der Waals surface area contributed by atoms with Crippen LogP contribution in [0.25, 0.3) is 0 Å². The van der Waals surface area contributed by atoms with Crippen LogP contribution in [-0.4, -0.2) is 18.0 Å². The van der Waals surface area contributed by atoms with Gasteiger partial charge in [-0.1, -0.05) is 24.3 Å². The highest BCUT2D eigenvalue weighted by atomic mass is 35.5. The maximum absolute atomic E-state index is 11.7. The van der Waals surface area contributed by atoms with Crippen molar-refractivity contribution in [2.75, 3.05) is 6.61 Å². The third-order valence-corrected chi connectivity index (χ3v) is 2.81. The molecular formula is C11H15ClO2. The Balaban J connectivity index is 2.88. The molecule has 1 aliphatic carbocycles. The normalized spacial score (nSPS) is 31.6. The monoisotopic (exact) mass is 214 g/mol. The third kappa shape index (κ3) is 2.01. The molecule has 1 rings (SSSR count). The summed E-state index contributed by atoms with van der Waals surface area (Å²) in [4.78, 5) is 11.7. The van der Waals surface area contributed by atoms with Crippen molar-refractivity contribution in [3.05, 3.63) is 24.3 Å². The first-order chi connectivity index (χ1) is 6.50. The average molecular weight is 215 g/mol. The van der Waals surface area contributed by atoms with Gasteiger partial charge in [-0.15, -0.1) is 11.6 Å². The fourth-order valence-electron chi connectivity index (χ4n) is 1.42. The molecule has 1 aliphatic rings. The van der Waals surface area contributed by atoms with E-state index in [0.29, 0.717) is 13.0 Å². The van der Waals surface area contributed by atoms with Crippen LogP contribution < -0.4 is 0 Å². The van der Waals surface area contributed by atoms with Crippen molar-refractivity contribution in [1.29, 1.82) is 0 Å². The summed E-state index contributed by atoms with van der Waals surface area (Å²) >= 11 is 5.92. The molecule has 3 heteroatoms. The SMILES string of the molecule is C=C1CC(Cl)C=CC1(C)C(=O)OCC. The average Bonchev–Trinajstić information content (AvgIpc) is 2.12. The fourth-order valence-corrected chi connectivity index (χ4v) is 1.68. The van der Waals surface area contributed by atoms with Gasteiger partial charge in [0.1, 0.15) is 5.41 Å². The molecule has 14 heavy (non-hydrogen) atoms. The Morgan fingerprint density at radius 2 is 2.50 bits per heavy atom. The summed E-state index contributed by atoms with van der Waals surface area (Å²) < 4.78 is 5.00. The number of ether oxygens (including phenoxy) is 1. The lowest BCUT2D eigenvalue weighted by atomic mass is 9.77. The van der Waals surface area contributed by atoms with Gasteiger partial charge in [-0.2, -0.15) is 0 Å². The first kappa shape index (κ1) is 11.3. The predicted molar refractivity (Wildman–Crippen MR) is 57.3 cm³/mol. The van der Waals surface area contributed by atoms with E-state index < -0.39 is 5.41 Å². The van der Waals surface area contributed by atoms with E-state index in [1.807, 2.05) is 13.0 Å². The molecule has 0 aliphatic heterocycles. The molecule has 0 aromatic carbocycles. The van der Waals surface area contributed by atoms with Gasteiger partial charge in [0.15, 0.2) is 0 Å². The van der Waals surface area contributed by atoms with Crippen LogP contribution in [-0.2, 0) is 9.53 Å². The number of rotatable bonds is 2. The standard InChI is InChI=1S/C11H15ClO2/c1-4-14-10(13)11(3)6-5-9(12)7-8(11)2/h5-6,9H,2,4,7H2,1,3H3. The van der Waals surface area contributed by atoms with E-state index in [9.17, 15) is 4.79 Å². The molecule has 0 spiro atoms. The summed E-state index contributed by atoms with van der Waals surface area (Å²) in [5.41, 5.74) is 0.125. The minimum atomic E-state index is -0.693. The minimum absolute atomic E-state index is 0.0509. The Labute approximate surface area is 89.6 Å². The molecule has 0 heterocycles. The topological polar surface area (TPSA) is 26.3 Å². The van der Waals surface area contributed by atoms with E-state index in [2.05, 4.69) is 6.58 Å². The first-order valence-electron chi connectivity index (χ1n) is 4.69. The Kier molecular flexibility index (Phi) is 3.38.